The van der Waals surface area contributed by atoms with Crippen molar-refractivity contribution in [3.63, 3.8) is 0 Å². The SMILES string of the molecule is Cc1cc(C)n(-c2cc(N3CCN(C(=O)c4cccc(-n5cccn5)c4)CC3)ncn2)n1. The van der Waals surface area contributed by atoms with E-state index in [4.69, 9.17) is 0 Å². The van der Waals surface area contributed by atoms with Gasteiger partial charge in [-0.2, -0.15) is 10.2 Å². The summed E-state index contributed by atoms with van der Waals surface area (Å²) in [5.74, 6) is 1.62. The Kier molecular flexibility index (Phi) is 5.14. The number of carbonyl (C=O) groups excluding carboxylic acids is 1. The number of hydrogen-bond acceptors (Lipinski definition) is 6. The lowest BCUT2D eigenvalue weighted by Crippen LogP contribution is -2.49. The molecule has 1 aliphatic heterocycles. The molecule has 0 radical (unpaired) electrons. The largest absolute Gasteiger partial charge is 0.353 e. The highest BCUT2D eigenvalue weighted by molar-refractivity contribution is 5.95. The molecule has 32 heavy (non-hydrogen) atoms. The molecule has 0 unspecified atom stereocenters. The van der Waals surface area contributed by atoms with Crippen molar-refractivity contribution in [2.45, 2.75) is 13.8 Å². The lowest BCUT2D eigenvalue weighted by molar-refractivity contribution is 0.0746. The number of aryl methyl sites for hydroxylation is 2. The van der Waals surface area contributed by atoms with Crippen LogP contribution in [0.2, 0.25) is 0 Å². The van der Waals surface area contributed by atoms with Crippen LogP contribution in [0.4, 0.5) is 5.82 Å². The van der Waals surface area contributed by atoms with Gasteiger partial charge < -0.3 is 9.80 Å². The van der Waals surface area contributed by atoms with E-state index in [1.165, 1.54) is 0 Å². The summed E-state index contributed by atoms with van der Waals surface area (Å²) in [4.78, 5) is 26.0. The van der Waals surface area contributed by atoms with Gasteiger partial charge in [-0.1, -0.05) is 6.07 Å². The Morgan fingerprint density at radius 2 is 1.75 bits per heavy atom. The minimum Gasteiger partial charge on any atom is -0.353 e. The second kappa shape index (κ2) is 8.26. The van der Waals surface area contributed by atoms with Gasteiger partial charge in [0.15, 0.2) is 5.82 Å². The predicted octanol–water partition coefficient (Wildman–Crippen LogP) is 2.43. The van der Waals surface area contributed by atoms with Gasteiger partial charge in [0.05, 0.1) is 11.4 Å². The zero-order valence-corrected chi connectivity index (χ0v) is 18.1. The van der Waals surface area contributed by atoms with Crippen LogP contribution >= 0.6 is 0 Å². The number of nitrogens with zero attached hydrogens (tertiary/aromatic N) is 8. The van der Waals surface area contributed by atoms with E-state index in [1.807, 2.05) is 72.1 Å². The molecule has 0 saturated carbocycles. The summed E-state index contributed by atoms with van der Waals surface area (Å²) in [5.41, 5.74) is 3.52. The van der Waals surface area contributed by atoms with Crippen molar-refractivity contribution in [2.24, 2.45) is 0 Å². The summed E-state index contributed by atoms with van der Waals surface area (Å²) < 4.78 is 3.58. The molecule has 4 aromatic rings. The highest BCUT2D eigenvalue weighted by Crippen LogP contribution is 2.19. The van der Waals surface area contributed by atoms with Crippen LogP contribution in [0.15, 0.2) is 61.2 Å². The number of amides is 1. The average molecular weight is 429 g/mol. The summed E-state index contributed by atoms with van der Waals surface area (Å²) in [7, 11) is 0. The first-order chi connectivity index (χ1) is 15.6. The van der Waals surface area contributed by atoms with Crippen molar-refractivity contribution in [3.8, 4) is 11.5 Å². The van der Waals surface area contributed by atoms with Gasteiger partial charge in [-0.3, -0.25) is 4.79 Å². The molecule has 1 fully saturated rings. The Balaban J connectivity index is 1.28. The molecule has 0 bridgehead atoms. The lowest BCUT2D eigenvalue weighted by atomic mass is 10.1. The zero-order chi connectivity index (χ0) is 22.1. The van der Waals surface area contributed by atoms with Crippen LogP contribution in [0, 0.1) is 13.8 Å². The topological polar surface area (TPSA) is 85.0 Å². The van der Waals surface area contributed by atoms with Crippen LogP contribution in [0.25, 0.3) is 11.5 Å². The molecule has 9 nitrogen and oxygen atoms in total. The third-order valence-corrected chi connectivity index (χ3v) is 5.62. The Morgan fingerprint density at radius 3 is 2.47 bits per heavy atom. The molecule has 9 heteroatoms. The molecule has 0 spiro atoms. The summed E-state index contributed by atoms with van der Waals surface area (Å²) in [6, 6.07) is 13.4. The van der Waals surface area contributed by atoms with Crippen LogP contribution in [0.1, 0.15) is 21.7 Å². The number of piperazine rings is 1. The molecule has 3 aromatic heterocycles. The minimum absolute atomic E-state index is 0.0321. The van der Waals surface area contributed by atoms with Crippen molar-refractivity contribution >= 4 is 11.7 Å². The number of rotatable bonds is 4. The molecule has 5 rings (SSSR count). The van der Waals surface area contributed by atoms with Gasteiger partial charge in [0.2, 0.25) is 0 Å². The van der Waals surface area contributed by atoms with Gasteiger partial charge in [0, 0.05) is 55.9 Å². The maximum Gasteiger partial charge on any atom is 0.254 e. The van der Waals surface area contributed by atoms with Gasteiger partial charge in [-0.15, -0.1) is 0 Å². The van der Waals surface area contributed by atoms with E-state index in [2.05, 4.69) is 25.1 Å². The summed E-state index contributed by atoms with van der Waals surface area (Å²) in [6.45, 7) is 6.64. The normalized spacial score (nSPS) is 14.1. The van der Waals surface area contributed by atoms with E-state index in [0.717, 1.165) is 28.7 Å². The summed E-state index contributed by atoms with van der Waals surface area (Å²) in [6.07, 6.45) is 5.16. The molecular weight excluding hydrogens is 404 g/mol. The Morgan fingerprint density at radius 1 is 0.938 bits per heavy atom. The number of aromatic nitrogens is 6. The first-order valence-electron chi connectivity index (χ1n) is 10.6. The third-order valence-electron chi connectivity index (χ3n) is 5.62. The van der Waals surface area contributed by atoms with Crippen LogP contribution in [0.3, 0.4) is 0 Å². The first-order valence-corrected chi connectivity index (χ1v) is 10.6. The summed E-state index contributed by atoms with van der Waals surface area (Å²) >= 11 is 0. The Labute approximate surface area is 185 Å². The average Bonchev–Trinajstić information content (AvgIpc) is 3.48. The molecule has 1 aromatic carbocycles. The van der Waals surface area contributed by atoms with Gasteiger partial charge >= 0.3 is 0 Å². The molecule has 162 valence electrons. The Bertz CT molecular complexity index is 1240. The third kappa shape index (κ3) is 3.84. The van der Waals surface area contributed by atoms with E-state index in [1.54, 1.807) is 17.2 Å². The first kappa shape index (κ1) is 19.9. The van der Waals surface area contributed by atoms with Crippen LogP contribution in [-0.2, 0) is 0 Å². The van der Waals surface area contributed by atoms with Crippen molar-refractivity contribution in [2.75, 3.05) is 31.1 Å². The van der Waals surface area contributed by atoms with Gasteiger partial charge in [0.25, 0.3) is 5.91 Å². The van der Waals surface area contributed by atoms with Gasteiger partial charge in [0.1, 0.15) is 12.1 Å². The van der Waals surface area contributed by atoms with E-state index < -0.39 is 0 Å². The van der Waals surface area contributed by atoms with Crippen molar-refractivity contribution in [1.29, 1.82) is 0 Å². The lowest BCUT2D eigenvalue weighted by Gasteiger charge is -2.35. The van der Waals surface area contributed by atoms with E-state index in [9.17, 15) is 4.79 Å². The van der Waals surface area contributed by atoms with E-state index in [-0.39, 0.29) is 5.91 Å². The molecule has 4 heterocycles. The fourth-order valence-electron chi connectivity index (χ4n) is 4.01. The van der Waals surface area contributed by atoms with Crippen molar-refractivity contribution < 1.29 is 4.79 Å². The second-order valence-corrected chi connectivity index (χ2v) is 7.85. The monoisotopic (exact) mass is 428 g/mol. The number of hydrogen-bond donors (Lipinski definition) is 0. The zero-order valence-electron chi connectivity index (χ0n) is 18.1. The molecule has 0 N–H and O–H groups in total. The minimum atomic E-state index is 0.0321. The van der Waals surface area contributed by atoms with Crippen molar-refractivity contribution in [1.82, 2.24) is 34.4 Å². The number of benzene rings is 1. The second-order valence-electron chi connectivity index (χ2n) is 7.85. The fourth-order valence-corrected chi connectivity index (χ4v) is 4.01. The molecule has 1 saturated heterocycles. The maximum atomic E-state index is 13.1. The number of carbonyl (C=O) groups is 1. The highest BCUT2D eigenvalue weighted by atomic mass is 16.2. The Hall–Kier alpha value is -4.01. The summed E-state index contributed by atoms with van der Waals surface area (Å²) in [5, 5.41) is 8.76. The van der Waals surface area contributed by atoms with Gasteiger partial charge in [-0.05, 0) is 44.2 Å². The smallest absolute Gasteiger partial charge is 0.254 e. The molecule has 0 atom stereocenters. The van der Waals surface area contributed by atoms with Crippen LogP contribution in [0.5, 0.6) is 0 Å². The predicted molar refractivity (Wildman–Crippen MR) is 120 cm³/mol. The molecule has 0 aliphatic carbocycles. The van der Waals surface area contributed by atoms with E-state index in [0.29, 0.717) is 31.7 Å². The number of anilines is 1. The quantitative estimate of drug-likeness (QED) is 0.496. The van der Waals surface area contributed by atoms with E-state index >= 15 is 0 Å². The standard InChI is InChI=1S/C23H24N8O/c1-17-13-18(2)31(27-17)22-15-21(24-16-25-22)28-9-11-29(12-10-28)23(32)19-5-3-6-20(14-19)30-8-4-7-26-30/h3-8,13-16H,9-12H2,1-2H3. The highest BCUT2D eigenvalue weighted by Gasteiger charge is 2.23. The maximum absolute atomic E-state index is 13.1. The van der Waals surface area contributed by atoms with Crippen LogP contribution < -0.4 is 4.90 Å². The van der Waals surface area contributed by atoms with Crippen LogP contribution in [-0.4, -0.2) is 66.5 Å². The molecule has 1 aliphatic rings. The van der Waals surface area contributed by atoms with Gasteiger partial charge in [-0.25, -0.2) is 19.3 Å². The molecular formula is C23H24N8O. The fraction of sp³-hybridized carbons (Fsp3) is 0.261. The van der Waals surface area contributed by atoms with Crippen molar-refractivity contribution in [3.05, 3.63) is 78.1 Å². The molecule has 1 amide bonds.